The number of nitrogens with zero attached hydrogens (tertiary/aromatic N) is 1. The van der Waals surface area contributed by atoms with Crippen molar-refractivity contribution in [2.45, 2.75) is 63.7 Å². The quantitative estimate of drug-likeness (QED) is 0.377. The molecule has 1 saturated carbocycles. The van der Waals surface area contributed by atoms with Gasteiger partial charge in [-0.25, -0.2) is 4.39 Å². The Labute approximate surface area is 191 Å². The maximum Gasteiger partial charge on any atom is 0.141 e. The van der Waals surface area contributed by atoms with Crippen molar-refractivity contribution < 1.29 is 4.39 Å². The van der Waals surface area contributed by atoms with Crippen LogP contribution in [0, 0.1) is 23.1 Å². The fourth-order valence-electron chi connectivity index (χ4n) is 5.14. The standard InChI is InChI=1S/C30H32FN/c1-22(26-5-3-2-4-6-26)19-24-11-16-28(17-12-24)27-14-9-23(10-15-27)7-8-25-13-18-29(21-32)30(31)20-25/h2-6,11-13,16-18,20,22-23,27H,7-10,14-15,19H2,1H3/t22-,23?,27?/m1/s1. The fraction of sp³-hybridized carbons (Fsp3) is 0.367. The molecule has 0 N–H and O–H groups in total. The molecule has 0 radical (unpaired) electrons. The van der Waals surface area contributed by atoms with Crippen molar-refractivity contribution in [2.75, 3.05) is 0 Å². The number of rotatable bonds is 7. The van der Waals surface area contributed by atoms with Gasteiger partial charge in [-0.2, -0.15) is 5.26 Å². The van der Waals surface area contributed by atoms with Gasteiger partial charge < -0.3 is 0 Å². The molecule has 1 fully saturated rings. The minimum atomic E-state index is -0.393. The SMILES string of the molecule is C[C@H](Cc1ccc(C2CCC(CCc3ccc(C#N)c(F)c3)CC2)cc1)c1ccccc1. The first kappa shape index (κ1) is 22.3. The van der Waals surface area contributed by atoms with Crippen molar-refractivity contribution in [1.29, 1.82) is 5.26 Å². The van der Waals surface area contributed by atoms with Crippen LogP contribution >= 0.6 is 0 Å². The second-order valence-electron chi connectivity index (χ2n) is 9.44. The Kier molecular flexibility index (Phi) is 7.38. The normalized spacial score (nSPS) is 19.3. The summed E-state index contributed by atoms with van der Waals surface area (Å²) in [7, 11) is 0. The van der Waals surface area contributed by atoms with Gasteiger partial charge in [-0.3, -0.25) is 0 Å². The van der Waals surface area contributed by atoms with Gasteiger partial charge in [0.05, 0.1) is 5.56 Å². The van der Waals surface area contributed by atoms with E-state index < -0.39 is 5.82 Å². The predicted octanol–water partition coefficient (Wildman–Crippen LogP) is 7.95. The molecule has 1 atom stereocenters. The van der Waals surface area contributed by atoms with Crippen LogP contribution < -0.4 is 0 Å². The average molecular weight is 426 g/mol. The summed E-state index contributed by atoms with van der Waals surface area (Å²) in [6.07, 6.45) is 8.05. The number of nitriles is 1. The predicted molar refractivity (Wildman–Crippen MR) is 129 cm³/mol. The lowest BCUT2D eigenvalue weighted by molar-refractivity contribution is 0.310. The van der Waals surface area contributed by atoms with Crippen LogP contribution in [-0.4, -0.2) is 0 Å². The van der Waals surface area contributed by atoms with Crippen LogP contribution in [-0.2, 0) is 12.8 Å². The molecule has 0 aliphatic heterocycles. The molecule has 0 heterocycles. The van der Waals surface area contributed by atoms with Gasteiger partial charge in [0.25, 0.3) is 0 Å². The van der Waals surface area contributed by atoms with E-state index in [0.29, 0.717) is 11.8 Å². The molecule has 2 heteroatoms. The van der Waals surface area contributed by atoms with Gasteiger partial charge in [0.2, 0.25) is 0 Å². The molecule has 1 nitrogen and oxygen atoms in total. The molecular weight excluding hydrogens is 393 g/mol. The number of benzene rings is 3. The molecule has 1 aliphatic rings. The molecule has 0 unspecified atom stereocenters. The van der Waals surface area contributed by atoms with Gasteiger partial charge in [-0.1, -0.05) is 67.6 Å². The first-order chi connectivity index (χ1) is 15.6. The fourth-order valence-corrected chi connectivity index (χ4v) is 5.14. The van der Waals surface area contributed by atoms with Gasteiger partial charge in [0.1, 0.15) is 11.9 Å². The lowest BCUT2D eigenvalue weighted by atomic mass is 9.76. The van der Waals surface area contributed by atoms with E-state index in [2.05, 4.69) is 61.5 Å². The molecule has 164 valence electrons. The third kappa shape index (κ3) is 5.65. The number of hydrogen-bond acceptors (Lipinski definition) is 1. The first-order valence-corrected chi connectivity index (χ1v) is 11.9. The Bertz CT molecular complexity index is 1040. The zero-order valence-corrected chi connectivity index (χ0v) is 18.9. The van der Waals surface area contributed by atoms with Crippen LogP contribution in [0.3, 0.4) is 0 Å². The molecule has 0 bridgehead atoms. The van der Waals surface area contributed by atoms with Crippen molar-refractivity contribution in [3.05, 3.63) is 106 Å². The van der Waals surface area contributed by atoms with Crippen molar-refractivity contribution in [3.63, 3.8) is 0 Å². The lowest BCUT2D eigenvalue weighted by Gasteiger charge is -2.29. The van der Waals surface area contributed by atoms with Crippen LogP contribution in [0.2, 0.25) is 0 Å². The van der Waals surface area contributed by atoms with E-state index >= 15 is 0 Å². The van der Waals surface area contributed by atoms with E-state index in [0.717, 1.165) is 30.7 Å². The van der Waals surface area contributed by atoms with Crippen LogP contribution in [0.25, 0.3) is 0 Å². The Morgan fingerprint density at radius 1 is 0.906 bits per heavy atom. The highest BCUT2D eigenvalue weighted by molar-refractivity contribution is 5.33. The molecule has 3 aromatic carbocycles. The molecule has 1 aliphatic carbocycles. The molecular formula is C30H32FN. The molecule has 0 saturated heterocycles. The van der Waals surface area contributed by atoms with E-state index in [4.69, 9.17) is 5.26 Å². The summed E-state index contributed by atoms with van der Waals surface area (Å²) in [6.45, 7) is 2.30. The van der Waals surface area contributed by atoms with Crippen LogP contribution in [0.4, 0.5) is 4.39 Å². The van der Waals surface area contributed by atoms with E-state index in [1.54, 1.807) is 6.07 Å². The molecule has 0 aromatic heterocycles. The van der Waals surface area contributed by atoms with E-state index in [1.165, 1.54) is 48.4 Å². The summed E-state index contributed by atoms with van der Waals surface area (Å²) in [5, 5.41) is 8.87. The highest BCUT2D eigenvalue weighted by Crippen LogP contribution is 2.37. The van der Waals surface area contributed by atoms with Crippen LogP contribution in [0.1, 0.15) is 78.7 Å². The van der Waals surface area contributed by atoms with E-state index in [9.17, 15) is 4.39 Å². The lowest BCUT2D eigenvalue weighted by Crippen LogP contribution is -2.14. The van der Waals surface area contributed by atoms with Gasteiger partial charge in [-0.05, 0) is 97.1 Å². The minimum absolute atomic E-state index is 0.134. The third-order valence-corrected chi connectivity index (χ3v) is 7.20. The van der Waals surface area contributed by atoms with E-state index in [-0.39, 0.29) is 5.56 Å². The maximum atomic E-state index is 13.8. The summed E-state index contributed by atoms with van der Waals surface area (Å²) in [5.41, 5.74) is 5.43. The molecule has 4 rings (SSSR count). The number of halogens is 1. The minimum Gasteiger partial charge on any atom is -0.206 e. The summed E-state index contributed by atoms with van der Waals surface area (Å²) < 4.78 is 13.8. The molecule has 3 aromatic rings. The first-order valence-electron chi connectivity index (χ1n) is 11.9. The monoisotopic (exact) mass is 425 g/mol. The Morgan fingerprint density at radius 3 is 2.25 bits per heavy atom. The summed E-state index contributed by atoms with van der Waals surface area (Å²) >= 11 is 0. The summed E-state index contributed by atoms with van der Waals surface area (Å²) in [5.74, 6) is 1.52. The Balaban J connectivity index is 1.25. The number of hydrogen-bond donors (Lipinski definition) is 0. The largest absolute Gasteiger partial charge is 0.206 e. The van der Waals surface area contributed by atoms with Gasteiger partial charge in [0.15, 0.2) is 0 Å². The molecule has 0 spiro atoms. The zero-order valence-electron chi connectivity index (χ0n) is 18.9. The third-order valence-electron chi connectivity index (χ3n) is 7.20. The van der Waals surface area contributed by atoms with Crippen molar-refractivity contribution in [3.8, 4) is 6.07 Å². The van der Waals surface area contributed by atoms with Crippen molar-refractivity contribution in [2.24, 2.45) is 5.92 Å². The van der Waals surface area contributed by atoms with Crippen LogP contribution in [0.15, 0.2) is 72.8 Å². The van der Waals surface area contributed by atoms with Crippen LogP contribution in [0.5, 0.6) is 0 Å². The van der Waals surface area contributed by atoms with Gasteiger partial charge >= 0.3 is 0 Å². The Hall–Kier alpha value is -2.92. The molecule has 32 heavy (non-hydrogen) atoms. The van der Waals surface area contributed by atoms with Crippen molar-refractivity contribution >= 4 is 0 Å². The second-order valence-corrected chi connectivity index (χ2v) is 9.44. The maximum absolute atomic E-state index is 13.8. The highest BCUT2D eigenvalue weighted by Gasteiger charge is 2.22. The summed E-state index contributed by atoms with van der Waals surface area (Å²) in [6, 6.07) is 27.0. The second kappa shape index (κ2) is 10.6. The van der Waals surface area contributed by atoms with Gasteiger partial charge in [0, 0.05) is 0 Å². The highest BCUT2D eigenvalue weighted by atomic mass is 19.1. The molecule has 0 amide bonds. The average Bonchev–Trinajstić information content (AvgIpc) is 2.84. The zero-order chi connectivity index (χ0) is 22.3. The Morgan fingerprint density at radius 2 is 1.59 bits per heavy atom. The number of aryl methyl sites for hydroxylation is 1. The smallest absolute Gasteiger partial charge is 0.141 e. The summed E-state index contributed by atoms with van der Waals surface area (Å²) in [4.78, 5) is 0. The van der Waals surface area contributed by atoms with Gasteiger partial charge in [-0.15, -0.1) is 0 Å². The van der Waals surface area contributed by atoms with Crippen molar-refractivity contribution in [1.82, 2.24) is 0 Å². The topological polar surface area (TPSA) is 23.8 Å². The van der Waals surface area contributed by atoms with E-state index in [1.807, 2.05) is 12.1 Å².